The van der Waals surface area contributed by atoms with Crippen molar-refractivity contribution in [1.82, 2.24) is 14.6 Å². The summed E-state index contributed by atoms with van der Waals surface area (Å²) in [5, 5.41) is 18.5. The van der Waals surface area contributed by atoms with Gasteiger partial charge >= 0.3 is 5.69 Å². The van der Waals surface area contributed by atoms with Crippen LogP contribution in [0.3, 0.4) is 0 Å². The topological polar surface area (TPSA) is 121 Å². The molecule has 0 aliphatic carbocycles. The predicted molar refractivity (Wildman–Crippen MR) is 117 cm³/mol. The summed E-state index contributed by atoms with van der Waals surface area (Å²) < 4.78 is 11.9. The molecule has 0 bridgehead atoms. The molecule has 162 valence electrons. The summed E-state index contributed by atoms with van der Waals surface area (Å²) in [6.45, 7) is 2.45. The summed E-state index contributed by atoms with van der Waals surface area (Å²) in [5.41, 5.74) is 2.08. The molecule has 2 aromatic carbocycles. The van der Waals surface area contributed by atoms with Crippen molar-refractivity contribution in [3.8, 4) is 22.8 Å². The van der Waals surface area contributed by atoms with Gasteiger partial charge in [-0.15, -0.1) is 0 Å². The number of benzene rings is 2. The zero-order valence-corrected chi connectivity index (χ0v) is 17.3. The Balaban J connectivity index is 1.66. The van der Waals surface area contributed by atoms with Gasteiger partial charge < -0.3 is 14.8 Å². The van der Waals surface area contributed by atoms with E-state index in [1.807, 2.05) is 6.92 Å². The Morgan fingerprint density at radius 1 is 1.16 bits per heavy atom. The van der Waals surface area contributed by atoms with Crippen LogP contribution in [0.5, 0.6) is 11.5 Å². The monoisotopic (exact) mass is 433 g/mol. The molecule has 0 unspecified atom stereocenters. The predicted octanol–water partition coefficient (Wildman–Crippen LogP) is 3.96. The fourth-order valence-electron chi connectivity index (χ4n) is 3.21. The lowest BCUT2D eigenvalue weighted by Crippen LogP contribution is -2.12. The second-order valence-electron chi connectivity index (χ2n) is 6.68. The lowest BCUT2D eigenvalue weighted by molar-refractivity contribution is -0.385. The van der Waals surface area contributed by atoms with Crippen LogP contribution in [0.1, 0.15) is 17.4 Å². The van der Waals surface area contributed by atoms with Crippen LogP contribution in [0.15, 0.2) is 60.8 Å². The molecular formula is C22H19N5O5. The lowest BCUT2D eigenvalue weighted by atomic mass is 10.1. The minimum absolute atomic E-state index is 0.153. The van der Waals surface area contributed by atoms with Crippen molar-refractivity contribution in [2.75, 3.05) is 19.0 Å². The smallest absolute Gasteiger partial charge is 0.311 e. The Bertz CT molecular complexity index is 1300. The normalized spacial score (nSPS) is 10.7. The van der Waals surface area contributed by atoms with Crippen LogP contribution in [0.2, 0.25) is 0 Å². The number of ether oxygens (including phenoxy) is 2. The maximum atomic E-state index is 12.7. The third-order valence-corrected chi connectivity index (χ3v) is 4.69. The van der Waals surface area contributed by atoms with Gasteiger partial charge in [-0.25, -0.2) is 9.50 Å². The number of nitro groups is 1. The Morgan fingerprint density at radius 3 is 2.62 bits per heavy atom. The first-order valence-corrected chi connectivity index (χ1v) is 9.72. The van der Waals surface area contributed by atoms with Crippen LogP contribution in [0.4, 0.5) is 11.4 Å². The van der Waals surface area contributed by atoms with Gasteiger partial charge in [-0.05, 0) is 49.4 Å². The van der Waals surface area contributed by atoms with Gasteiger partial charge in [0, 0.05) is 29.6 Å². The number of anilines is 1. The van der Waals surface area contributed by atoms with Gasteiger partial charge in [-0.3, -0.25) is 14.9 Å². The van der Waals surface area contributed by atoms with Gasteiger partial charge in [0.2, 0.25) is 0 Å². The minimum Gasteiger partial charge on any atom is -0.494 e. The number of aromatic nitrogens is 3. The van der Waals surface area contributed by atoms with Crippen LogP contribution in [-0.2, 0) is 0 Å². The minimum atomic E-state index is -0.514. The molecule has 0 radical (unpaired) electrons. The first-order valence-electron chi connectivity index (χ1n) is 9.72. The first kappa shape index (κ1) is 20.8. The molecule has 4 aromatic rings. The van der Waals surface area contributed by atoms with Gasteiger partial charge in [0.15, 0.2) is 17.1 Å². The van der Waals surface area contributed by atoms with Crippen molar-refractivity contribution in [3.63, 3.8) is 0 Å². The molecule has 32 heavy (non-hydrogen) atoms. The van der Waals surface area contributed by atoms with E-state index in [1.165, 1.54) is 23.8 Å². The van der Waals surface area contributed by atoms with Crippen LogP contribution in [-0.4, -0.2) is 39.1 Å². The average Bonchev–Trinajstić information content (AvgIpc) is 3.25. The van der Waals surface area contributed by atoms with Crippen molar-refractivity contribution in [2.45, 2.75) is 6.92 Å². The number of rotatable bonds is 7. The van der Waals surface area contributed by atoms with E-state index in [1.54, 1.807) is 48.7 Å². The highest BCUT2D eigenvalue weighted by Gasteiger charge is 2.19. The number of nitro benzene ring substituents is 1. The van der Waals surface area contributed by atoms with E-state index in [2.05, 4.69) is 15.4 Å². The average molecular weight is 433 g/mol. The Morgan fingerprint density at radius 2 is 1.94 bits per heavy atom. The number of carbonyl (C=O) groups is 1. The maximum absolute atomic E-state index is 12.7. The number of hydrogen-bond acceptors (Lipinski definition) is 7. The molecule has 10 heteroatoms. The number of amides is 1. The standard InChI is InChI=1S/C22H19N5O5/c1-3-32-16-7-5-15(6-8-16)24-22(28)17-13-21-23-11-10-18(26(21)25-17)14-4-9-20(31-2)19(12-14)27(29)30/h4-13H,3H2,1-2H3,(H,24,28). The van der Waals surface area contributed by atoms with Crippen molar-refractivity contribution in [1.29, 1.82) is 0 Å². The molecule has 0 saturated heterocycles. The second-order valence-corrected chi connectivity index (χ2v) is 6.68. The quantitative estimate of drug-likeness (QED) is 0.346. The van der Waals surface area contributed by atoms with Crippen molar-refractivity contribution >= 4 is 22.9 Å². The lowest BCUT2D eigenvalue weighted by Gasteiger charge is -2.07. The third-order valence-electron chi connectivity index (χ3n) is 4.69. The zero-order chi connectivity index (χ0) is 22.7. The highest BCUT2D eigenvalue weighted by Crippen LogP contribution is 2.32. The van der Waals surface area contributed by atoms with E-state index < -0.39 is 10.8 Å². The molecular weight excluding hydrogens is 414 g/mol. The van der Waals surface area contributed by atoms with E-state index in [0.717, 1.165) is 0 Å². The molecule has 10 nitrogen and oxygen atoms in total. The molecule has 4 rings (SSSR count). The van der Waals surface area contributed by atoms with Crippen LogP contribution in [0.25, 0.3) is 16.9 Å². The number of nitrogens with one attached hydrogen (secondary N) is 1. The fraction of sp³-hybridized carbons (Fsp3) is 0.136. The molecule has 0 atom stereocenters. The van der Waals surface area contributed by atoms with Gasteiger partial charge in [-0.1, -0.05) is 0 Å². The van der Waals surface area contributed by atoms with Gasteiger partial charge in [0.1, 0.15) is 5.75 Å². The van der Waals surface area contributed by atoms with Crippen LogP contribution >= 0.6 is 0 Å². The van der Waals surface area contributed by atoms with Gasteiger partial charge in [0.25, 0.3) is 5.91 Å². The van der Waals surface area contributed by atoms with E-state index in [4.69, 9.17) is 9.47 Å². The largest absolute Gasteiger partial charge is 0.494 e. The molecule has 1 N–H and O–H groups in total. The maximum Gasteiger partial charge on any atom is 0.311 e. The van der Waals surface area contributed by atoms with E-state index in [9.17, 15) is 14.9 Å². The van der Waals surface area contributed by atoms with E-state index in [-0.39, 0.29) is 17.1 Å². The summed E-state index contributed by atoms with van der Waals surface area (Å²) in [4.78, 5) is 27.8. The molecule has 2 aromatic heterocycles. The highest BCUT2D eigenvalue weighted by molar-refractivity contribution is 6.03. The van der Waals surface area contributed by atoms with Crippen LogP contribution < -0.4 is 14.8 Å². The molecule has 0 aliphatic heterocycles. The van der Waals surface area contributed by atoms with Gasteiger partial charge in [-0.2, -0.15) is 5.10 Å². The van der Waals surface area contributed by atoms with Crippen molar-refractivity contribution in [3.05, 3.63) is 76.6 Å². The molecule has 0 spiro atoms. The highest BCUT2D eigenvalue weighted by atomic mass is 16.6. The van der Waals surface area contributed by atoms with Crippen molar-refractivity contribution < 1.29 is 19.2 Å². The van der Waals surface area contributed by atoms with Crippen molar-refractivity contribution in [2.24, 2.45) is 0 Å². The summed E-state index contributed by atoms with van der Waals surface area (Å²) in [5.74, 6) is 0.451. The summed E-state index contributed by atoms with van der Waals surface area (Å²) in [7, 11) is 1.37. The third kappa shape index (κ3) is 4.06. The number of nitrogens with zero attached hydrogens (tertiary/aromatic N) is 4. The summed E-state index contributed by atoms with van der Waals surface area (Å²) in [6, 6.07) is 14.8. The fourth-order valence-corrected chi connectivity index (χ4v) is 3.21. The first-order chi connectivity index (χ1) is 15.5. The van der Waals surface area contributed by atoms with Gasteiger partial charge in [0.05, 0.1) is 24.3 Å². The SMILES string of the molecule is CCOc1ccc(NC(=O)c2cc3nccc(-c4ccc(OC)c([N+](=O)[O-])c4)n3n2)cc1. The Hall–Kier alpha value is -4.47. The number of carbonyl (C=O) groups excluding carboxylic acids is 1. The molecule has 2 heterocycles. The molecule has 0 saturated carbocycles. The number of hydrogen-bond donors (Lipinski definition) is 1. The molecule has 0 aliphatic rings. The number of methoxy groups -OCH3 is 1. The Labute approximate surface area is 182 Å². The van der Waals surface area contributed by atoms with Crippen LogP contribution in [0, 0.1) is 10.1 Å². The summed E-state index contributed by atoms with van der Waals surface area (Å²) in [6.07, 6.45) is 1.55. The van der Waals surface area contributed by atoms with E-state index in [0.29, 0.717) is 34.9 Å². The Kier molecular flexibility index (Phi) is 5.67. The summed E-state index contributed by atoms with van der Waals surface area (Å²) >= 11 is 0. The second kappa shape index (κ2) is 8.72. The van der Waals surface area contributed by atoms with E-state index >= 15 is 0 Å². The number of fused-ring (bicyclic) bond motifs is 1. The zero-order valence-electron chi connectivity index (χ0n) is 17.3. The molecule has 1 amide bonds. The molecule has 0 fully saturated rings.